The van der Waals surface area contributed by atoms with E-state index < -0.39 is 17.5 Å². The molecule has 2 aromatic rings. The Labute approximate surface area is 133 Å². The lowest BCUT2D eigenvalue weighted by Crippen LogP contribution is -2.13. The number of halogens is 2. The number of amides is 1. The zero-order valence-corrected chi connectivity index (χ0v) is 12.9. The van der Waals surface area contributed by atoms with Crippen molar-refractivity contribution in [1.82, 2.24) is 0 Å². The molecule has 2 rings (SSSR count). The Kier molecular flexibility index (Phi) is 5.65. The SMILES string of the molecule is CCOCc1cc(C(=O)Nc2ccc(F)cc2F)ccc1OC. The topological polar surface area (TPSA) is 47.6 Å². The summed E-state index contributed by atoms with van der Waals surface area (Å²) in [6.07, 6.45) is 0. The van der Waals surface area contributed by atoms with E-state index in [1.807, 2.05) is 6.92 Å². The van der Waals surface area contributed by atoms with Gasteiger partial charge < -0.3 is 14.8 Å². The normalized spacial score (nSPS) is 10.4. The Morgan fingerprint density at radius 3 is 2.61 bits per heavy atom. The van der Waals surface area contributed by atoms with Gasteiger partial charge in [0, 0.05) is 23.8 Å². The van der Waals surface area contributed by atoms with E-state index in [1.54, 1.807) is 18.2 Å². The molecule has 0 heterocycles. The molecule has 0 saturated heterocycles. The molecule has 0 saturated carbocycles. The fraction of sp³-hybridized carbons (Fsp3) is 0.235. The third kappa shape index (κ3) is 4.26. The van der Waals surface area contributed by atoms with Gasteiger partial charge in [-0.15, -0.1) is 0 Å². The Morgan fingerprint density at radius 1 is 1.17 bits per heavy atom. The quantitative estimate of drug-likeness (QED) is 0.881. The summed E-state index contributed by atoms with van der Waals surface area (Å²) < 4.78 is 37.0. The van der Waals surface area contributed by atoms with Crippen LogP contribution in [-0.4, -0.2) is 19.6 Å². The second-order valence-electron chi connectivity index (χ2n) is 4.74. The highest BCUT2D eigenvalue weighted by Gasteiger charge is 2.13. The summed E-state index contributed by atoms with van der Waals surface area (Å²) in [5.41, 5.74) is 0.949. The van der Waals surface area contributed by atoms with Crippen LogP contribution in [0.3, 0.4) is 0 Å². The first-order valence-electron chi connectivity index (χ1n) is 7.06. The van der Waals surface area contributed by atoms with Crippen LogP contribution in [0.2, 0.25) is 0 Å². The molecule has 4 nitrogen and oxygen atoms in total. The summed E-state index contributed by atoms with van der Waals surface area (Å²) in [4.78, 5) is 12.2. The van der Waals surface area contributed by atoms with E-state index in [4.69, 9.17) is 9.47 Å². The third-order valence-electron chi connectivity index (χ3n) is 3.18. The first-order valence-corrected chi connectivity index (χ1v) is 7.06. The van der Waals surface area contributed by atoms with Gasteiger partial charge in [-0.2, -0.15) is 0 Å². The van der Waals surface area contributed by atoms with Crippen molar-refractivity contribution in [2.24, 2.45) is 0 Å². The van der Waals surface area contributed by atoms with E-state index in [2.05, 4.69) is 5.32 Å². The van der Waals surface area contributed by atoms with Gasteiger partial charge in [-0.25, -0.2) is 8.78 Å². The van der Waals surface area contributed by atoms with Gasteiger partial charge in [-0.1, -0.05) is 0 Å². The summed E-state index contributed by atoms with van der Waals surface area (Å²) in [6, 6.07) is 7.78. The van der Waals surface area contributed by atoms with Crippen molar-refractivity contribution in [1.29, 1.82) is 0 Å². The molecule has 0 aliphatic rings. The van der Waals surface area contributed by atoms with Gasteiger partial charge in [-0.3, -0.25) is 4.79 Å². The molecule has 0 aliphatic carbocycles. The van der Waals surface area contributed by atoms with Crippen molar-refractivity contribution in [3.8, 4) is 5.75 Å². The molecule has 0 unspecified atom stereocenters. The monoisotopic (exact) mass is 321 g/mol. The van der Waals surface area contributed by atoms with Crippen LogP contribution >= 0.6 is 0 Å². The summed E-state index contributed by atoms with van der Waals surface area (Å²) in [5, 5.41) is 2.41. The molecule has 0 spiro atoms. The number of methoxy groups -OCH3 is 1. The molecule has 23 heavy (non-hydrogen) atoms. The zero-order valence-electron chi connectivity index (χ0n) is 12.9. The van der Waals surface area contributed by atoms with Crippen molar-refractivity contribution in [2.75, 3.05) is 19.0 Å². The van der Waals surface area contributed by atoms with Gasteiger partial charge in [0.25, 0.3) is 5.91 Å². The highest BCUT2D eigenvalue weighted by Crippen LogP contribution is 2.22. The summed E-state index contributed by atoms with van der Waals surface area (Å²) in [5.74, 6) is -1.44. The van der Waals surface area contributed by atoms with Crippen LogP contribution < -0.4 is 10.1 Å². The molecule has 0 bridgehead atoms. The minimum Gasteiger partial charge on any atom is -0.496 e. The van der Waals surface area contributed by atoms with E-state index in [-0.39, 0.29) is 5.69 Å². The van der Waals surface area contributed by atoms with E-state index >= 15 is 0 Å². The molecule has 0 aromatic heterocycles. The van der Waals surface area contributed by atoms with Gasteiger partial charge in [-0.05, 0) is 37.3 Å². The zero-order chi connectivity index (χ0) is 16.8. The number of benzene rings is 2. The van der Waals surface area contributed by atoms with E-state index in [0.29, 0.717) is 36.2 Å². The van der Waals surface area contributed by atoms with Crippen LogP contribution in [0.15, 0.2) is 36.4 Å². The number of hydrogen-bond acceptors (Lipinski definition) is 3. The maximum atomic E-state index is 13.6. The lowest BCUT2D eigenvalue weighted by atomic mass is 10.1. The smallest absolute Gasteiger partial charge is 0.255 e. The van der Waals surface area contributed by atoms with Gasteiger partial charge in [0.1, 0.15) is 17.4 Å². The lowest BCUT2D eigenvalue weighted by Gasteiger charge is -2.11. The molecule has 6 heteroatoms. The number of carbonyl (C=O) groups excluding carboxylic acids is 1. The predicted octanol–water partition coefficient (Wildman–Crippen LogP) is 3.76. The largest absolute Gasteiger partial charge is 0.496 e. The van der Waals surface area contributed by atoms with Crippen molar-refractivity contribution in [3.63, 3.8) is 0 Å². The average molecular weight is 321 g/mol. The number of carbonyl (C=O) groups is 1. The van der Waals surface area contributed by atoms with Crippen molar-refractivity contribution in [2.45, 2.75) is 13.5 Å². The second kappa shape index (κ2) is 7.69. The highest BCUT2D eigenvalue weighted by atomic mass is 19.1. The first kappa shape index (κ1) is 16.9. The van der Waals surface area contributed by atoms with Crippen LogP contribution in [0.4, 0.5) is 14.5 Å². The maximum absolute atomic E-state index is 13.6. The maximum Gasteiger partial charge on any atom is 0.255 e. The van der Waals surface area contributed by atoms with Crippen molar-refractivity contribution in [3.05, 3.63) is 59.2 Å². The summed E-state index contributed by atoms with van der Waals surface area (Å²) >= 11 is 0. The Morgan fingerprint density at radius 2 is 1.96 bits per heavy atom. The molecule has 0 atom stereocenters. The number of ether oxygens (including phenoxy) is 2. The van der Waals surface area contributed by atoms with Crippen LogP contribution in [0.25, 0.3) is 0 Å². The molecule has 0 radical (unpaired) electrons. The first-order chi connectivity index (χ1) is 11.0. The highest BCUT2D eigenvalue weighted by molar-refractivity contribution is 6.04. The summed E-state index contributed by atoms with van der Waals surface area (Å²) in [6.45, 7) is 2.69. The minimum absolute atomic E-state index is 0.0847. The molecule has 1 amide bonds. The number of anilines is 1. The minimum atomic E-state index is -0.832. The Hall–Kier alpha value is -2.47. The van der Waals surface area contributed by atoms with Crippen molar-refractivity contribution >= 4 is 11.6 Å². The standard InChI is InChI=1S/C17H17F2NO3/c1-3-23-10-12-8-11(4-7-16(12)22-2)17(21)20-15-6-5-13(18)9-14(15)19/h4-9H,3,10H2,1-2H3,(H,20,21). The third-order valence-corrected chi connectivity index (χ3v) is 3.18. The number of hydrogen-bond donors (Lipinski definition) is 1. The molecular weight excluding hydrogens is 304 g/mol. The molecule has 0 aliphatic heterocycles. The van der Waals surface area contributed by atoms with Crippen LogP contribution in [-0.2, 0) is 11.3 Å². The van der Waals surface area contributed by atoms with Gasteiger partial charge >= 0.3 is 0 Å². The van der Waals surface area contributed by atoms with Crippen LogP contribution in [0.5, 0.6) is 5.75 Å². The molecular formula is C17H17F2NO3. The fourth-order valence-corrected chi connectivity index (χ4v) is 2.03. The fourth-order valence-electron chi connectivity index (χ4n) is 2.03. The van der Waals surface area contributed by atoms with Gasteiger partial charge in [0.2, 0.25) is 0 Å². The second-order valence-corrected chi connectivity index (χ2v) is 4.74. The molecule has 122 valence electrons. The van der Waals surface area contributed by atoms with E-state index in [1.165, 1.54) is 13.2 Å². The lowest BCUT2D eigenvalue weighted by molar-refractivity contribution is 0.102. The van der Waals surface area contributed by atoms with E-state index in [9.17, 15) is 13.6 Å². The molecule has 2 aromatic carbocycles. The van der Waals surface area contributed by atoms with Crippen LogP contribution in [0.1, 0.15) is 22.8 Å². The van der Waals surface area contributed by atoms with E-state index in [0.717, 1.165) is 6.07 Å². The van der Waals surface area contributed by atoms with Crippen LogP contribution in [0, 0.1) is 11.6 Å². The number of rotatable bonds is 6. The summed E-state index contributed by atoms with van der Waals surface area (Å²) in [7, 11) is 1.53. The number of nitrogens with one attached hydrogen (secondary N) is 1. The van der Waals surface area contributed by atoms with Crippen molar-refractivity contribution < 1.29 is 23.0 Å². The molecule has 0 fully saturated rings. The predicted molar refractivity (Wildman–Crippen MR) is 82.6 cm³/mol. The molecule has 1 N–H and O–H groups in total. The average Bonchev–Trinajstić information content (AvgIpc) is 2.55. The van der Waals surface area contributed by atoms with Gasteiger partial charge in [0.15, 0.2) is 0 Å². The Balaban J connectivity index is 2.21. The Bertz CT molecular complexity index is 704. The van der Waals surface area contributed by atoms with Gasteiger partial charge in [0.05, 0.1) is 19.4 Å².